The van der Waals surface area contributed by atoms with Gasteiger partial charge in [-0.25, -0.2) is 4.98 Å². The molecule has 1 heterocycles. The largest absolute Gasteiger partial charge is 0.488 e. The van der Waals surface area contributed by atoms with Crippen molar-refractivity contribution in [2.75, 3.05) is 5.32 Å². The first-order valence-electron chi connectivity index (χ1n) is 11.8. The van der Waals surface area contributed by atoms with E-state index in [9.17, 15) is 0 Å². The van der Waals surface area contributed by atoms with Gasteiger partial charge in [0.05, 0.1) is 16.8 Å². The fraction of sp³-hybridized carbons (Fsp3) is 0.464. The summed E-state index contributed by atoms with van der Waals surface area (Å²) in [5.41, 5.74) is 6.72. The van der Waals surface area contributed by atoms with Gasteiger partial charge in [-0.2, -0.15) is 0 Å². The first-order chi connectivity index (χ1) is 15.5. The number of nitrogens with one attached hydrogen (secondary N) is 1. The van der Waals surface area contributed by atoms with Gasteiger partial charge in [0.1, 0.15) is 11.4 Å². The van der Waals surface area contributed by atoms with E-state index in [1.165, 1.54) is 29.5 Å². The molecule has 0 saturated heterocycles. The highest BCUT2D eigenvalue weighted by Crippen LogP contribution is 2.42. The molecule has 1 saturated carbocycles. The second-order valence-corrected chi connectivity index (χ2v) is 12.1. The molecule has 33 heavy (non-hydrogen) atoms. The molecule has 2 aromatic carbocycles. The lowest BCUT2D eigenvalue weighted by atomic mass is 9.97. The third-order valence-corrected chi connectivity index (χ3v) is 7.44. The molecule has 0 spiro atoms. The monoisotopic (exact) mass is 482 g/mol. The van der Waals surface area contributed by atoms with Crippen LogP contribution in [0.15, 0.2) is 30.3 Å². The van der Waals surface area contributed by atoms with Crippen LogP contribution in [0.5, 0.6) is 5.75 Å². The summed E-state index contributed by atoms with van der Waals surface area (Å²) in [6, 6.07) is 11.1. The Kier molecular flexibility index (Phi) is 6.80. The molecule has 3 nitrogen and oxygen atoms in total. The Morgan fingerprint density at radius 3 is 2.42 bits per heavy atom. The number of rotatable bonds is 7. The molecule has 4 rings (SSSR count). The van der Waals surface area contributed by atoms with Crippen LogP contribution in [-0.2, 0) is 0 Å². The number of aromatic nitrogens is 1. The summed E-state index contributed by atoms with van der Waals surface area (Å²) in [5.74, 6) is 1.64. The molecule has 1 aliphatic carbocycles. The number of halogens is 1. The highest BCUT2D eigenvalue weighted by atomic mass is 35.5. The zero-order valence-corrected chi connectivity index (χ0v) is 22.4. The molecule has 1 aromatic heterocycles. The second kappa shape index (κ2) is 9.31. The van der Waals surface area contributed by atoms with Crippen LogP contribution in [0.4, 0.5) is 5.13 Å². The van der Waals surface area contributed by atoms with Crippen molar-refractivity contribution in [1.82, 2.24) is 4.98 Å². The highest BCUT2D eigenvalue weighted by Gasteiger charge is 2.27. The summed E-state index contributed by atoms with van der Waals surface area (Å²) >= 11 is 8.42. The van der Waals surface area contributed by atoms with Crippen molar-refractivity contribution in [3.05, 3.63) is 62.5 Å². The number of thiazole rings is 1. The van der Waals surface area contributed by atoms with Crippen LogP contribution in [0.3, 0.4) is 0 Å². The minimum Gasteiger partial charge on any atom is -0.488 e. The van der Waals surface area contributed by atoms with E-state index in [4.69, 9.17) is 21.3 Å². The van der Waals surface area contributed by atoms with Gasteiger partial charge in [0.15, 0.2) is 5.13 Å². The van der Waals surface area contributed by atoms with Crippen molar-refractivity contribution in [3.8, 4) is 17.0 Å². The molecular formula is C28H35ClN2OS. The Hall–Kier alpha value is -2.04. The summed E-state index contributed by atoms with van der Waals surface area (Å²) in [6.45, 7) is 14.7. The maximum atomic E-state index is 6.72. The lowest BCUT2D eigenvalue weighted by Crippen LogP contribution is -2.23. The molecule has 0 radical (unpaired) electrons. The molecule has 5 heteroatoms. The molecule has 1 atom stereocenters. The van der Waals surface area contributed by atoms with Gasteiger partial charge in [-0.3, -0.25) is 0 Å². The minimum absolute atomic E-state index is 0.270. The van der Waals surface area contributed by atoms with Gasteiger partial charge in [0.2, 0.25) is 0 Å². The molecule has 1 fully saturated rings. The van der Waals surface area contributed by atoms with Crippen LogP contribution in [-0.4, -0.2) is 10.6 Å². The summed E-state index contributed by atoms with van der Waals surface area (Å²) in [6.07, 6.45) is 3.82. The van der Waals surface area contributed by atoms with E-state index in [2.05, 4.69) is 57.3 Å². The van der Waals surface area contributed by atoms with E-state index in [-0.39, 0.29) is 11.6 Å². The Balaban J connectivity index is 1.62. The molecule has 1 unspecified atom stereocenters. The lowest BCUT2D eigenvalue weighted by molar-refractivity contribution is 0.130. The van der Waals surface area contributed by atoms with E-state index >= 15 is 0 Å². The highest BCUT2D eigenvalue weighted by molar-refractivity contribution is 7.16. The average molecular weight is 483 g/mol. The predicted octanol–water partition coefficient (Wildman–Crippen LogP) is 8.83. The second-order valence-electron chi connectivity index (χ2n) is 10.5. The Labute approximate surface area is 207 Å². The van der Waals surface area contributed by atoms with Crippen molar-refractivity contribution in [2.24, 2.45) is 5.92 Å². The quantitative estimate of drug-likeness (QED) is 0.365. The summed E-state index contributed by atoms with van der Waals surface area (Å²) in [5, 5.41) is 5.38. The standard InChI is InChI=1S/C28H35ClN2OS/c1-16-8-11-21(12-17(16)2)24(14-20-9-10-20)30-27-31-26(19(4)33-27)22-13-18(3)25(15-23(22)29)32-28(5,6)7/h8,11-13,15,20,24H,9-10,14H2,1-7H3,(H,30,31). The zero-order chi connectivity index (χ0) is 23.9. The number of benzene rings is 2. The van der Waals surface area contributed by atoms with Crippen LogP contribution in [0, 0.1) is 33.6 Å². The fourth-order valence-corrected chi connectivity index (χ4v) is 5.21. The van der Waals surface area contributed by atoms with Crippen molar-refractivity contribution in [2.45, 2.75) is 79.4 Å². The molecule has 0 bridgehead atoms. The van der Waals surface area contributed by atoms with Gasteiger partial charge in [-0.05, 0) is 95.2 Å². The number of nitrogens with zero attached hydrogens (tertiary/aromatic N) is 1. The number of ether oxygens (including phenoxy) is 1. The van der Waals surface area contributed by atoms with E-state index in [1.54, 1.807) is 11.3 Å². The van der Waals surface area contributed by atoms with Gasteiger partial charge in [-0.1, -0.05) is 42.6 Å². The van der Waals surface area contributed by atoms with Crippen LogP contribution in [0.1, 0.15) is 73.2 Å². The third kappa shape index (κ3) is 5.91. The maximum Gasteiger partial charge on any atom is 0.183 e. The van der Waals surface area contributed by atoms with E-state index in [0.29, 0.717) is 5.02 Å². The smallest absolute Gasteiger partial charge is 0.183 e. The van der Waals surface area contributed by atoms with Crippen LogP contribution in [0.25, 0.3) is 11.3 Å². The van der Waals surface area contributed by atoms with Gasteiger partial charge in [0.25, 0.3) is 0 Å². The van der Waals surface area contributed by atoms with Crippen molar-refractivity contribution in [1.29, 1.82) is 0 Å². The Morgan fingerprint density at radius 1 is 1.06 bits per heavy atom. The zero-order valence-electron chi connectivity index (χ0n) is 20.8. The molecule has 0 aliphatic heterocycles. The summed E-state index contributed by atoms with van der Waals surface area (Å²) in [7, 11) is 0. The topological polar surface area (TPSA) is 34.2 Å². The first kappa shape index (κ1) is 24.1. The average Bonchev–Trinajstić information content (AvgIpc) is 3.46. The fourth-order valence-electron chi connectivity index (χ4n) is 4.09. The molecule has 176 valence electrons. The van der Waals surface area contributed by atoms with Crippen molar-refractivity contribution >= 4 is 28.1 Å². The van der Waals surface area contributed by atoms with Gasteiger partial charge >= 0.3 is 0 Å². The van der Waals surface area contributed by atoms with Gasteiger partial charge in [-0.15, -0.1) is 11.3 Å². The van der Waals surface area contributed by atoms with Crippen LogP contribution < -0.4 is 10.1 Å². The number of anilines is 1. The number of aryl methyl sites for hydroxylation is 4. The first-order valence-corrected chi connectivity index (χ1v) is 13.0. The SMILES string of the molecule is Cc1ccc(C(CC2CC2)Nc2nc(-c3cc(C)c(OC(C)(C)C)cc3Cl)c(C)s2)cc1C. The molecular weight excluding hydrogens is 448 g/mol. The van der Waals surface area contributed by atoms with Crippen molar-refractivity contribution < 1.29 is 4.74 Å². The normalized spacial score (nSPS) is 14.9. The lowest BCUT2D eigenvalue weighted by Gasteiger charge is -2.23. The van der Waals surface area contributed by atoms with E-state index < -0.39 is 0 Å². The van der Waals surface area contributed by atoms with Crippen LogP contribution >= 0.6 is 22.9 Å². The maximum absolute atomic E-state index is 6.72. The number of hydrogen-bond donors (Lipinski definition) is 1. The summed E-state index contributed by atoms with van der Waals surface area (Å²) in [4.78, 5) is 6.16. The molecule has 1 N–H and O–H groups in total. The summed E-state index contributed by atoms with van der Waals surface area (Å²) < 4.78 is 6.09. The molecule has 0 amide bonds. The number of hydrogen-bond acceptors (Lipinski definition) is 4. The van der Waals surface area contributed by atoms with E-state index in [1.807, 2.05) is 26.8 Å². The van der Waals surface area contributed by atoms with Gasteiger partial charge in [0, 0.05) is 10.4 Å². The molecule has 3 aromatic rings. The van der Waals surface area contributed by atoms with Crippen LogP contribution in [0.2, 0.25) is 5.02 Å². The van der Waals surface area contributed by atoms with E-state index in [0.717, 1.165) is 44.9 Å². The third-order valence-electron chi connectivity index (χ3n) is 6.23. The van der Waals surface area contributed by atoms with Crippen molar-refractivity contribution in [3.63, 3.8) is 0 Å². The minimum atomic E-state index is -0.270. The Morgan fingerprint density at radius 2 is 1.79 bits per heavy atom. The van der Waals surface area contributed by atoms with Gasteiger partial charge < -0.3 is 10.1 Å². The predicted molar refractivity (Wildman–Crippen MR) is 142 cm³/mol. The Bertz CT molecular complexity index is 1160. The molecule has 1 aliphatic rings.